The molecule has 0 amide bonds. The van der Waals surface area contributed by atoms with Crippen molar-refractivity contribution in [2.45, 2.75) is 11.2 Å². The Bertz CT molecular complexity index is 499. The maximum Gasteiger partial charge on any atom is 0.142 e. The summed E-state index contributed by atoms with van der Waals surface area (Å²) in [5.74, 6) is -0.373. The second kappa shape index (κ2) is 5.65. The van der Waals surface area contributed by atoms with Gasteiger partial charge in [0.15, 0.2) is 0 Å². The molecule has 0 radical (unpaired) electrons. The number of halogens is 3. The molecule has 1 unspecified atom stereocenters. The minimum Gasteiger partial charge on any atom is -0.205 e. The minimum absolute atomic E-state index is 0.0214. The van der Waals surface area contributed by atoms with E-state index in [9.17, 15) is 4.39 Å². The molecule has 0 aromatic heterocycles. The van der Waals surface area contributed by atoms with E-state index in [0.717, 1.165) is 12.0 Å². The summed E-state index contributed by atoms with van der Waals surface area (Å²) in [4.78, 5) is 0.0214. The Balaban J connectivity index is 2.20. The normalized spacial score (nSPS) is 12.4. The molecule has 2 rings (SSSR count). The molecule has 88 valence electrons. The van der Waals surface area contributed by atoms with Gasteiger partial charge in [-0.1, -0.05) is 70.0 Å². The number of alkyl halides is 1. The second-order valence-corrected chi connectivity index (χ2v) is 5.28. The smallest absolute Gasteiger partial charge is 0.142 e. The lowest BCUT2D eigenvalue weighted by Gasteiger charge is -2.12. The highest BCUT2D eigenvalue weighted by Gasteiger charge is 2.14. The molecule has 0 aliphatic carbocycles. The quantitative estimate of drug-likeness (QED) is 0.687. The summed E-state index contributed by atoms with van der Waals surface area (Å²) in [7, 11) is 0. The average Bonchev–Trinajstić information content (AvgIpc) is 2.34. The van der Waals surface area contributed by atoms with E-state index in [-0.39, 0.29) is 15.7 Å². The topological polar surface area (TPSA) is 0 Å². The fourth-order valence-corrected chi connectivity index (χ4v) is 2.84. The van der Waals surface area contributed by atoms with E-state index in [4.69, 9.17) is 11.6 Å². The number of hydrogen-bond acceptors (Lipinski definition) is 0. The first-order valence-electron chi connectivity index (χ1n) is 5.30. The van der Waals surface area contributed by atoms with Gasteiger partial charge in [0.05, 0.1) is 5.02 Å². The molecule has 0 fully saturated rings. The van der Waals surface area contributed by atoms with Gasteiger partial charge in [0, 0.05) is 4.83 Å². The predicted octanol–water partition coefficient (Wildman–Crippen LogP) is 5.16. The Kier molecular flexibility index (Phi) is 4.19. The van der Waals surface area contributed by atoms with Crippen LogP contribution in [0.15, 0.2) is 48.5 Å². The molecule has 0 aliphatic rings. The van der Waals surface area contributed by atoms with Crippen LogP contribution in [0.2, 0.25) is 5.02 Å². The number of hydrogen-bond donors (Lipinski definition) is 0. The molecule has 0 saturated heterocycles. The van der Waals surface area contributed by atoms with E-state index in [1.54, 1.807) is 6.07 Å². The van der Waals surface area contributed by atoms with Crippen molar-refractivity contribution in [1.82, 2.24) is 0 Å². The second-order valence-electron chi connectivity index (χ2n) is 3.80. The maximum atomic E-state index is 13.3. The van der Waals surface area contributed by atoms with E-state index in [0.29, 0.717) is 0 Å². The molecule has 0 spiro atoms. The van der Waals surface area contributed by atoms with Crippen LogP contribution in [0, 0.1) is 5.82 Å². The predicted molar refractivity (Wildman–Crippen MR) is 73.2 cm³/mol. The summed E-state index contributed by atoms with van der Waals surface area (Å²) in [5, 5.41) is 0.199. The minimum atomic E-state index is -0.373. The van der Waals surface area contributed by atoms with Crippen LogP contribution in [-0.2, 0) is 6.42 Å². The molecule has 1 atom stereocenters. The molecule has 3 heteroatoms. The Morgan fingerprint density at radius 3 is 2.47 bits per heavy atom. The highest BCUT2D eigenvalue weighted by atomic mass is 79.9. The SMILES string of the molecule is Fc1cccc(C(Br)Cc2ccccc2)c1Cl. The summed E-state index contributed by atoms with van der Waals surface area (Å²) in [6.45, 7) is 0. The first-order valence-corrected chi connectivity index (χ1v) is 6.59. The first kappa shape index (κ1) is 12.6. The van der Waals surface area contributed by atoms with Crippen LogP contribution in [0.5, 0.6) is 0 Å². The standard InChI is InChI=1S/C14H11BrClF/c15-12(9-10-5-2-1-3-6-10)11-7-4-8-13(17)14(11)16/h1-8,12H,9H2. The van der Waals surface area contributed by atoms with E-state index in [2.05, 4.69) is 15.9 Å². The summed E-state index contributed by atoms with van der Waals surface area (Å²) in [5.41, 5.74) is 1.98. The van der Waals surface area contributed by atoms with E-state index >= 15 is 0 Å². The third-order valence-electron chi connectivity index (χ3n) is 2.58. The molecule has 17 heavy (non-hydrogen) atoms. The molecule has 2 aromatic carbocycles. The maximum absolute atomic E-state index is 13.3. The van der Waals surface area contributed by atoms with Crippen LogP contribution in [0.4, 0.5) is 4.39 Å². The lowest BCUT2D eigenvalue weighted by Crippen LogP contribution is -1.97. The first-order chi connectivity index (χ1) is 8.18. The fraction of sp³-hybridized carbons (Fsp3) is 0.143. The Morgan fingerprint density at radius 2 is 1.76 bits per heavy atom. The molecular weight excluding hydrogens is 303 g/mol. The van der Waals surface area contributed by atoms with Crippen molar-refractivity contribution in [3.8, 4) is 0 Å². The van der Waals surface area contributed by atoms with Crippen molar-refractivity contribution in [1.29, 1.82) is 0 Å². The van der Waals surface area contributed by atoms with Gasteiger partial charge in [0.1, 0.15) is 5.82 Å². The Hall–Kier alpha value is -0.860. The zero-order valence-electron chi connectivity index (χ0n) is 9.04. The monoisotopic (exact) mass is 312 g/mol. The van der Waals surface area contributed by atoms with Crippen LogP contribution >= 0.6 is 27.5 Å². The van der Waals surface area contributed by atoms with Gasteiger partial charge in [-0.25, -0.2) is 4.39 Å². The number of benzene rings is 2. The molecule has 0 heterocycles. The van der Waals surface area contributed by atoms with Gasteiger partial charge in [-0.3, -0.25) is 0 Å². The van der Waals surface area contributed by atoms with Crippen LogP contribution in [0.3, 0.4) is 0 Å². The Labute approximate surface area is 114 Å². The van der Waals surface area contributed by atoms with Crippen LogP contribution in [0.1, 0.15) is 16.0 Å². The van der Waals surface area contributed by atoms with Crippen molar-refractivity contribution in [2.75, 3.05) is 0 Å². The van der Waals surface area contributed by atoms with Crippen molar-refractivity contribution >= 4 is 27.5 Å². The van der Waals surface area contributed by atoms with Crippen molar-refractivity contribution < 1.29 is 4.39 Å². The van der Waals surface area contributed by atoms with Gasteiger partial charge >= 0.3 is 0 Å². The summed E-state index contributed by atoms with van der Waals surface area (Å²) < 4.78 is 13.3. The molecular formula is C14H11BrClF. The van der Waals surface area contributed by atoms with Gasteiger partial charge in [0.2, 0.25) is 0 Å². The van der Waals surface area contributed by atoms with Gasteiger partial charge in [0.25, 0.3) is 0 Å². The van der Waals surface area contributed by atoms with Gasteiger partial charge in [-0.05, 0) is 23.6 Å². The summed E-state index contributed by atoms with van der Waals surface area (Å²) in [6, 6.07) is 14.9. The van der Waals surface area contributed by atoms with Crippen LogP contribution in [-0.4, -0.2) is 0 Å². The Morgan fingerprint density at radius 1 is 1.06 bits per heavy atom. The van der Waals surface area contributed by atoms with Crippen molar-refractivity contribution in [3.63, 3.8) is 0 Å². The van der Waals surface area contributed by atoms with Crippen molar-refractivity contribution in [3.05, 3.63) is 70.5 Å². The number of rotatable bonds is 3. The average molecular weight is 314 g/mol. The van der Waals surface area contributed by atoms with Gasteiger partial charge in [-0.15, -0.1) is 0 Å². The van der Waals surface area contributed by atoms with E-state index in [1.165, 1.54) is 11.6 Å². The summed E-state index contributed by atoms with van der Waals surface area (Å²) >= 11 is 9.51. The lowest BCUT2D eigenvalue weighted by atomic mass is 10.0. The molecule has 0 aliphatic heterocycles. The van der Waals surface area contributed by atoms with Crippen LogP contribution < -0.4 is 0 Å². The lowest BCUT2D eigenvalue weighted by molar-refractivity contribution is 0.625. The molecule has 0 nitrogen and oxygen atoms in total. The molecule has 0 N–H and O–H groups in total. The zero-order valence-corrected chi connectivity index (χ0v) is 11.4. The van der Waals surface area contributed by atoms with Crippen LogP contribution in [0.25, 0.3) is 0 Å². The highest BCUT2D eigenvalue weighted by Crippen LogP contribution is 2.33. The van der Waals surface area contributed by atoms with E-state index < -0.39 is 0 Å². The molecule has 0 saturated carbocycles. The molecule has 0 bridgehead atoms. The third-order valence-corrected chi connectivity index (χ3v) is 3.79. The van der Waals surface area contributed by atoms with Gasteiger partial charge in [-0.2, -0.15) is 0 Å². The summed E-state index contributed by atoms with van der Waals surface area (Å²) in [6.07, 6.45) is 0.782. The van der Waals surface area contributed by atoms with Crippen molar-refractivity contribution in [2.24, 2.45) is 0 Å². The fourth-order valence-electron chi connectivity index (χ4n) is 1.69. The molecule has 2 aromatic rings. The third kappa shape index (κ3) is 3.08. The zero-order chi connectivity index (χ0) is 12.3. The highest BCUT2D eigenvalue weighted by molar-refractivity contribution is 9.09. The van der Waals surface area contributed by atoms with E-state index in [1.807, 2.05) is 36.4 Å². The largest absolute Gasteiger partial charge is 0.205 e. The van der Waals surface area contributed by atoms with Gasteiger partial charge < -0.3 is 0 Å².